The van der Waals surface area contributed by atoms with Gasteiger partial charge in [-0.3, -0.25) is 4.79 Å². The van der Waals surface area contributed by atoms with E-state index in [9.17, 15) is 9.18 Å². The van der Waals surface area contributed by atoms with Gasteiger partial charge in [-0.2, -0.15) is 0 Å². The van der Waals surface area contributed by atoms with Crippen LogP contribution in [0.25, 0.3) is 0 Å². The highest BCUT2D eigenvalue weighted by molar-refractivity contribution is 9.10. The van der Waals surface area contributed by atoms with E-state index < -0.39 is 11.9 Å². The van der Waals surface area contributed by atoms with Gasteiger partial charge in [0.25, 0.3) is 5.91 Å². The van der Waals surface area contributed by atoms with Crippen molar-refractivity contribution in [3.05, 3.63) is 34.1 Å². The molecule has 0 spiro atoms. The molecule has 0 saturated carbocycles. The number of benzene rings is 1. The van der Waals surface area contributed by atoms with Gasteiger partial charge in [0, 0.05) is 11.0 Å². The molecule has 1 saturated heterocycles. The molecule has 1 aromatic carbocycles. The van der Waals surface area contributed by atoms with Crippen molar-refractivity contribution in [1.29, 1.82) is 0 Å². The minimum Gasteiger partial charge on any atom is -0.391 e. The number of morpholine rings is 1. The van der Waals surface area contributed by atoms with Crippen LogP contribution in [0.3, 0.4) is 0 Å². The molecule has 0 aromatic heterocycles. The van der Waals surface area contributed by atoms with E-state index in [4.69, 9.17) is 22.7 Å². The van der Waals surface area contributed by atoms with Crippen molar-refractivity contribution >= 4 is 39.0 Å². The van der Waals surface area contributed by atoms with Crippen LogP contribution in [0.15, 0.2) is 22.7 Å². The van der Waals surface area contributed by atoms with E-state index in [0.29, 0.717) is 29.7 Å². The van der Waals surface area contributed by atoms with Crippen molar-refractivity contribution in [2.45, 2.75) is 6.10 Å². The topological polar surface area (TPSA) is 55.6 Å². The van der Waals surface area contributed by atoms with E-state index in [1.165, 1.54) is 18.2 Å². The Morgan fingerprint density at radius 1 is 1.58 bits per heavy atom. The molecule has 102 valence electrons. The van der Waals surface area contributed by atoms with Gasteiger partial charge in [-0.15, -0.1) is 0 Å². The smallest absolute Gasteiger partial charge is 0.255 e. The summed E-state index contributed by atoms with van der Waals surface area (Å²) in [6, 6.07) is 3.97. The summed E-state index contributed by atoms with van der Waals surface area (Å²) in [5.41, 5.74) is 5.94. The number of nitrogens with zero attached hydrogens (tertiary/aromatic N) is 1. The predicted octanol–water partition coefficient (Wildman–Crippen LogP) is 1.72. The Labute approximate surface area is 123 Å². The van der Waals surface area contributed by atoms with Crippen LogP contribution in [-0.4, -0.2) is 41.6 Å². The number of thiocarbonyl (C=S) groups is 1. The monoisotopic (exact) mass is 346 g/mol. The number of hydrogen-bond donors (Lipinski definition) is 1. The average molecular weight is 347 g/mol. The number of nitrogens with two attached hydrogens (primary N) is 1. The average Bonchev–Trinajstić information content (AvgIpc) is 2.38. The van der Waals surface area contributed by atoms with E-state index in [1.54, 1.807) is 4.90 Å². The predicted molar refractivity (Wildman–Crippen MR) is 76.5 cm³/mol. The van der Waals surface area contributed by atoms with Crippen LogP contribution in [0.2, 0.25) is 0 Å². The third-order valence-electron chi connectivity index (χ3n) is 2.83. The number of rotatable bonds is 2. The maximum Gasteiger partial charge on any atom is 0.255 e. The van der Waals surface area contributed by atoms with Crippen LogP contribution in [0.4, 0.5) is 4.39 Å². The number of carbonyl (C=O) groups is 1. The minimum atomic E-state index is -0.424. The van der Waals surface area contributed by atoms with Gasteiger partial charge in [-0.05, 0) is 34.1 Å². The highest BCUT2D eigenvalue weighted by Gasteiger charge is 2.27. The van der Waals surface area contributed by atoms with E-state index >= 15 is 0 Å². The molecule has 4 nitrogen and oxygen atoms in total. The summed E-state index contributed by atoms with van der Waals surface area (Å²) in [7, 11) is 0. The zero-order chi connectivity index (χ0) is 14.0. The molecule has 0 bridgehead atoms. The summed E-state index contributed by atoms with van der Waals surface area (Å²) in [4.78, 5) is 14.2. The first-order valence-electron chi connectivity index (χ1n) is 5.64. The number of ether oxygens (including phenoxy) is 1. The first-order valence-corrected chi connectivity index (χ1v) is 6.84. The third kappa shape index (κ3) is 3.29. The van der Waals surface area contributed by atoms with Gasteiger partial charge in [-0.1, -0.05) is 12.2 Å². The molecule has 1 amide bonds. The van der Waals surface area contributed by atoms with Crippen LogP contribution >= 0.6 is 28.1 Å². The molecule has 1 atom stereocenters. The van der Waals surface area contributed by atoms with E-state index in [1.807, 2.05) is 0 Å². The summed E-state index contributed by atoms with van der Waals surface area (Å²) in [5, 5.41) is 0. The van der Waals surface area contributed by atoms with Crippen molar-refractivity contribution in [1.82, 2.24) is 4.90 Å². The molecule has 19 heavy (non-hydrogen) atoms. The maximum absolute atomic E-state index is 13.0. The summed E-state index contributed by atoms with van der Waals surface area (Å²) in [5.74, 6) is -0.595. The fourth-order valence-corrected chi connectivity index (χ4v) is 2.50. The number of halogens is 2. The second-order valence-corrected chi connectivity index (χ2v) is 5.46. The standard InChI is InChI=1S/C12H12BrFN2O2S/c13-9-5-7(14)1-2-8(9)12(17)16-3-4-18-10(6-16)11(15)19/h1-2,5,10H,3-4,6H2,(H2,15,19). The van der Waals surface area contributed by atoms with Gasteiger partial charge in [0.05, 0.1) is 18.7 Å². The Morgan fingerprint density at radius 3 is 2.95 bits per heavy atom. The van der Waals surface area contributed by atoms with Crippen LogP contribution < -0.4 is 5.73 Å². The first-order chi connectivity index (χ1) is 8.99. The van der Waals surface area contributed by atoms with Crippen LogP contribution in [0.1, 0.15) is 10.4 Å². The fourth-order valence-electron chi connectivity index (χ4n) is 1.84. The molecule has 1 aromatic rings. The van der Waals surface area contributed by atoms with Crippen molar-refractivity contribution in [3.8, 4) is 0 Å². The maximum atomic E-state index is 13.0. The zero-order valence-corrected chi connectivity index (χ0v) is 12.3. The molecule has 1 heterocycles. The summed E-state index contributed by atoms with van der Waals surface area (Å²) < 4.78 is 18.8. The molecular weight excluding hydrogens is 335 g/mol. The van der Waals surface area contributed by atoms with Gasteiger partial charge in [0.1, 0.15) is 16.9 Å². The second-order valence-electron chi connectivity index (χ2n) is 4.14. The van der Waals surface area contributed by atoms with E-state index in [-0.39, 0.29) is 10.9 Å². The van der Waals surface area contributed by atoms with Gasteiger partial charge in [-0.25, -0.2) is 4.39 Å². The van der Waals surface area contributed by atoms with Gasteiger partial charge in [0.2, 0.25) is 0 Å². The van der Waals surface area contributed by atoms with E-state index in [0.717, 1.165) is 0 Å². The highest BCUT2D eigenvalue weighted by Crippen LogP contribution is 2.21. The number of hydrogen-bond acceptors (Lipinski definition) is 3. The Balaban J connectivity index is 2.17. The Bertz CT molecular complexity index is 526. The molecule has 0 aliphatic carbocycles. The molecule has 7 heteroatoms. The Hall–Kier alpha value is -1.05. The lowest BCUT2D eigenvalue weighted by Gasteiger charge is -2.32. The molecule has 1 unspecified atom stereocenters. The molecule has 2 rings (SSSR count). The summed E-state index contributed by atoms with van der Waals surface area (Å²) in [6.45, 7) is 1.16. The summed E-state index contributed by atoms with van der Waals surface area (Å²) in [6.07, 6.45) is -0.424. The van der Waals surface area contributed by atoms with Crippen LogP contribution in [-0.2, 0) is 4.74 Å². The highest BCUT2D eigenvalue weighted by atomic mass is 79.9. The molecule has 0 radical (unpaired) electrons. The van der Waals surface area contributed by atoms with Gasteiger partial charge >= 0.3 is 0 Å². The molecule has 1 fully saturated rings. The summed E-state index contributed by atoms with van der Waals surface area (Å²) >= 11 is 8.06. The Kier molecular flexibility index (Phi) is 4.49. The lowest BCUT2D eigenvalue weighted by atomic mass is 10.1. The molecule has 1 aliphatic heterocycles. The van der Waals surface area contributed by atoms with Crippen molar-refractivity contribution < 1.29 is 13.9 Å². The van der Waals surface area contributed by atoms with Crippen molar-refractivity contribution in [2.24, 2.45) is 5.73 Å². The van der Waals surface area contributed by atoms with Gasteiger partial charge in [0.15, 0.2) is 0 Å². The lowest BCUT2D eigenvalue weighted by Crippen LogP contribution is -2.50. The fraction of sp³-hybridized carbons (Fsp3) is 0.333. The number of carbonyl (C=O) groups excluding carboxylic acids is 1. The Morgan fingerprint density at radius 2 is 2.32 bits per heavy atom. The zero-order valence-electron chi connectivity index (χ0n) is 9.94. The van der Waals surface area contributed by atoms with Crippen molar-refractivity contribution in [2.75, 3.05) is 19.7 Å². The normalized spacial score (nSPS) is 19.3. The molecular formula is C12H12BrFN2O2S. The van der Waals surface area contributed by atoms with Crippen molar-refractivity contribution in [3.63, 3.8) is 0 Å². The van der Waals surface area contributed by atoms with Gasteiger partial charge < -0.3 is 15.4 Å². The SMILES string of the molecule is NC(=S)C1CN(C(=O)c2ccc(F)cc2Br)CCO1. The first kappa shape index (κ1) is 14.4. The lowest BCUT2D eigenvalue weighted by molar-refractivity contribution is 0.00874. The molecule has 2 N–H and O–H groups in total. The van der Waals surface area contributed by atoms with Crippen LogP contribution in [0, 0.1) is 5.82 Å². The largest absolute Gasteiger partial charge is 0.391 e. The molecule has 1 aliphatic rings. The van der Waals surface area contributed by atoms with E-state index in [2.05, 4.69) is 15.9 Å². The third-order valence-corrected chi connectivity index (χ3v) is 3.75. The minimum absolute atomic E-state index is 0.198. The second kappa shape index (κ2) is 5.94. The number of amides is 1. The van der Waals surface area contributed by atoms with Crippen LogP contribution in [0.5, 0.6) is 0 Å². The quantitative estimate of drug-likeness (QED) is 0.828.